The number of nitrogens with two attached hydrogens (primary N) is 1. The van der Waals surface area contributed by atoms with Gasteiger partial charge < -0.3 is 15.2 Å². The van der Waals surface area contributed by atoms with Crippen LogP contribution in [0.5, 0.6) is 5.75 Å². The van der Waals surface area contributed by atoms with E-state index in [1.807, 2.05) is 0 Å². The fourth-order valence-electron chi connectivity index (χ4n) is 2.34. The molecule has 1 saturated heterocycles. The van der Waals surface area contributed by atoms with Gasteiger partial charge in [0.1, 0.15) is 11.8 Å². The van der Waals surface area contributed by atoms with E-state index >= 15 is 0 Å². The zero-order chi connectivity index (χ0) is 20.2. The molecule has 11 heteroatoms. The largest absolute Gasteiger partial charge is 0.573 e. The highest BCUT2D eigenvalue weighted by molar-refractivity contribution is 8.00. The number of alkyl halides is 3. The minimum absolute atomic E-state index is 0.0920. The van der Waals surface area contributed by atoms with Crippen LogP contribution in [0.2, 0.25) is 0 Å². The Morgan fingerprint density at radius 2 is 1.96 bits per heavy atom. The number of amides is 2. The second-order valence-electron chi connectivity index (χ2n) is 5.49. The van der Waals surface area contributed by atoms with Gasteiger partial charge in [-0.15, -0.1) is 24.9 Å². The third-order valence-corrected chi connectivity index (χ3v) is 4.82. The summed E-state index contributed by atoms with van der Waals surface area (Å²) < 4.78 is 45.1. The Hall–Kier alpha value is -2.27. The van der Waals surface area contributed by atoms with Crippen molar-refractivity contribution in [3.63, 3.8) is 0 Å². The predicted octanol–water partition coefficient (Wildman–Crippen LogP) is 1.84. The molecular weight excluding hydrogens is 389 g/mol. The van der Waals surface area contributed by atoms with Crippen LogP contribution in [0, 0.1) is 0 Å². The van der Waals surface area contributed by atoms with Gasteiger partial charge >= 0.3 is 12.3 Å². The lowest BCUT2D eigenvalue weighted by Gasteiger charge is -2.16. The highest BCUT2D eigenvalue weighted by atomic mass is 32.2. The van der Waals surface area contributed by atoms with Crippen LogP contribution in [-0.2, 0) is 19.1 Å². The Morgan fingerprint density at radius 3 is 2.52 bits per heavy atom. The molecule has 0 aromatic heterocycles. The number of halogens is 3. The topological polar surface area (TPSA) is 98.9 Å². The first-order valence-corrected chi connectivity index (χ1v) is 8.93. The fraction of sp³-hybridized carbons (Fsp3) is 0.438. The average Bonchev–Trinajstić information content (AvgIpc) is 2.86. The van der Waals surface area contributed by atoms with Gasteiger partial charge in [-0.2, -0.15) is 0 Å². The summed E-state index contributed by atoms with van der Waals surface area (Å²) >= 11 is 1.06. The SMILES string of the molecule is CCOC(=O)C(N)CSC1CC(=O)N(c2ccc(OC(F)(F)F)cc2)C1=O. The number of thioether (sulfide) groups is 1. The van der Waals surface area contributed by atoms with E-state index in [9.17, 15) is 27.6 Å². The van der Waals surface area contributed by atoms with Crippen molar-refractivity contribution in [3.8, 4) is 5.75 Å². The van der Waals surface area contributed by atoms with E-state index in [2.05, 4.69) is 4.74 Å². The third kappa shape index (κ3) is 5.60. The first-order valence-electron chi connectivity index (χ1n) is 7.88. The molecule has 148 valence electrons. The summed E-state index contributed by atoms with van der Waals surface area (Å²) in [6.45, 7) is 1.82. The van der Waals surface area contributed by atoms with Gasteiger partial charge in [0.15, 0.2) is 0 Å². The number of rotatable bonds is 7. The first-order chi connectivity index (χ1) is 12.6. The van der Waals surface area contributed by atoms with E-state index in [-0.39, 0.29) is 24.5 Å². The van der Waals surface area contributed by atoms with Crippen molar-refractivity contribution in [2.75, 3.05) is 17.3 Å². The lowest BCUT2D eigenvalue weighted by atomic mass is 10.3. The number of carbonyl (C=O) groups excluding carboxylic acids is 3. The monoisotopic (exact) mass is 406 g/mol. The van der Waals surface area contributed by atoms with E-state index in [1.54, 1.807) is 6.92 Å². The second kappa shape index (κ2) is 8.61. The number of anilines is 1. The number of imide groups is 1. The van der Waals surface area contributed by atoms with Gasteiger partial charge in [0.05, 0.1) is 17.5 Å². The number of ether oxygens (including phenoxy) is 2. The van der Waals surface area contributed by atoms with Crippen molar-refractivity contribution >= 4 is 35.2 Å². The van der Waals surface area contributed by atoms with Crippen LogP contribution in [0.25, 0.3) is 0 Å². The predicted molar refractivity (Wildman–Crippen MR) is 91.1 cm³/mol. The van der Waals surface area contributed by atoms with Gasteiger partial charge in [0, 0.05) is 12.2 Å². The number of hydrogen-bond donors (Lipinski definition) is 1. The summed E-state index contributed by atoms with van der Waals surface area (Å²) in [6.07, 6.45) is -4.93. The van der Waals surface area contributed by atoms with Crippen LogP contribution in [0.1, 0.15) is 13.3 Å². The summed E-state index contributed by atoms with van der Waals surface area (Å²) in [6, 6.07) is 3.48. The minimum Gasteiger partial charge on any atom is -0.465 e. The molecule has 1 aliphatic rings. The smallest absolute Gasteiger partial charge is 0.465 e. The quantitative estimate of drug-likeness (QED) is 0.545. The van der Waals surface area contributed by atoms with Crippen molar-refractivity contribution in [3.05, 3.63) is 24.3 Å². The van der Waals surface area contributed by atoms with Crippen molar-refractivity contribution < 1.29 is 37.0 Å². The molecule has 1 aliphatic heterocycles. The van der Waals surface area contributed by atoms with E-state index in [1.165, 1.54) is 12.1 Å². The number of carbonyl (C=O) groups is 3. The summed E-state index contributed by atoms with van der Waals surface area (Å²) in [5.41, 5.74) is 5.80. The van der Waals surface area contributed by atoms with E-state index in [0.29, 0.717) is 0 Å². The number of benzene rings is 1. The summed E-state index contributed by atoms with van der Waals surface area (Å²) in [5, 5.41) is -0.732. The molecule has 1 fully saturated rings. The van der Waals surface area contributed by atoms with Crippen LogP contribution >= 0.6 is 11.8 Å². The molecule has 1 aromatic carbocycles. The summed E-state index contributed by atoms with van der Waals surface area (Å²) in [4.78, 5) is 37.0. The van der Waals surface area contributed by atoms with Crippen molar-refractivity contribution in [1.29, 1.82) is 0 Å². The molecule has 2 amide bonds. The van der Waals surface area contributed by atoms with Gasteiger partial charge in [-0.05, 0) is 31.2 Å². The zero-order valence-electron chi connectivity index (χ0n) is 14.2. The second-order valence-corrected chi connectivity index (χ2v) is 6.73. The maximum atomic E-state index is 12.5. The maximum Gasteiger partial charge on any atom is 0.573 e. The lowest BCUT2D eigenvalue weighted by Crippen LogP contribution is -2.36. The highest BCUT2D eigenvalue weighted by Crippen LogP contribution is 2.31. The molecule has 0 aliphatic carbocycles. The summed E-state index contributed by atoms with van der Waals surface area (Å²) in [7, 11) is 0. The molecule has 2 unspecified atom stereocenters. The number of hydrogen-bond acceptors (Lipinski definition) is 7. The highest BCUT2D eigenvalue weighted by Gasteiger charge is 2.40. The Kier molecular flexibility index (Phi) is 6.71. The van der Waals surface area contributed by atoms with Crippen molar-refractivity contribution in [2.45, 2.75) is 31.0 Å². The van der Waals surface area contributed by atoms with Gasteiger partial charge in [-0.1, -0.05) is 0 Å². The van der Waals surface area contributed by atoms with Gasteiger partial charge in [0.25, 0.3) is 0 Å². The molecule has 0 saturated carbocycles. The van der Waals surface area contributed by atoms with Crippen LogP contribution in [-0.4, -0.2) is 47.8 Å². The van der Waals surface area contributed by atoms with Crippen molar-refractivity contribution in [2.24, 2.45) is 5.73 Å². The van der Waals surface area contributed by atoms with Gasteiger partial charge in [-0.3, -0.25) is 14.4 Å². The average molecular weight is 406 g/mol. The van der Waals surface area contributed by atoms with E-state index in [0.717, 1.165) is 28.8 Å². The Morgan fingerprint density at radius 1 is 1.33 bits per heavy atom. The lowest BCUT2D eigenvalue weighted by molar-refractivity contribution is -0.274. The molecule has 27 heavy (non-hydrogen) atoms. The van der Waals surface area contributed by atoms with Gasteiger partial charge in [0.2, 0.25) is 11.8 Å². The zero-order valence-corrected chi connectivity index (χ0v) is 15.0. The molecule has 2 atom stereocenters. The molecule has 1 heterocycles. The molecule has 2 rings (SSSR count). The number of nitrogens with zero attached hydrogens (tertiary/aromatic N) is 1. The molecule has 0 radical (unpaired) electrons. The molecule has 1 aromatic rings. The van der Waals surface area contributed by atoms with E-state index in [4.69, 9.17) is 10.5 Å². The number of esters is 1. The first kappa shape index (κ1) is 21.0. The molecule has 0 spiro atoms. The Labute approximate surface area is 157 Å². The van der Waals surface area contributed by atoms with Crippen molar-refractivity contribution in [1.82, 2.24) is 0 Å². The Bertz CT molecular complexity index is 711. The molecule has 0 bridgehead atoms. The summed E-state index contributed by atoms with van der Waals surface area (Å²) in [5.74, 6) is -1.98. The van der Waals surface area contributed by atoms with E-state index < -0.39 is 41.2 Å². The molecule has 2 N–H and O–H groups in total. The van der Waals surface area contributed by atoms with Crippen LogP contribution in [0.3, 0.4) is 0 Å². The standard InChI is InChI=1S/C16H17F3N2O5S/c1-2-25-15(24)11(20)8-27-12-7-13(22)21(14(12)23)9-3-5-10(6-4-9)26-16(17,18)19/h3-6,11-12H,2,7-8,20H2,1H3. The van der Waals surface area contributed by atoms with Crippen LogP contribution < -0.4 is 15.4 Å². The minimum atomic E-state index is -4.83. The molecule has 7 nitrogen and oxygen atoms in total. The van der Waals surface area contributed by atoms with Crippen LogP contribution in [0.15, 0.2) is 24.3 Å². The fourth-order valence-corrected chi connectivity index (χ4v) is 3.42. The van der Waals surface area contributed by atoms with Gasteiger partial charge in [-0.25, -0.2) is 4.90 Å². The Balaban J connectivity index is 2.00. The third-order valence-electron chi connectivity index (χ3n) is 3.50. The maximum absolute atomic E-state index is 12.5. The normalized spacial score (nSPS) is 18.6. The van der Waals surface area contributed by atoms with Crippen LogP contribution in [0.4, 0.5) is 18.9 Å². The molecular formula is C16H17F3N2O5S.